The summed E-state index contributed by atoms with van der Waals surface area (Å²) in [6.07, 6.45) is -5.89. The van der Waals surface area contributed by atoms with Gasteiger partial charge < -0.3 is 49.6 Å². The summed E-state index contributed by atoms with van der Waals surface area (Å²) < 4.78 is 23.1. The maximum absolute atomic E-state index is 11.1. The molecule has 0 radical (unpaired) electrons. The van der Waals surface area contributed by atoms with E-state index in [0.29, 0.717) is 23.8 Å². The van der Waals surface area contributed by atoms with E-state index >= 15 is 0 Å². The summed E-state index contributed by atoms with van der Waals surface area (Å²) in [6.45, 7) is -0.258. The monoisotopic (exact) mass is 484 g/mol. The Bertz CT molecular complexity index is 770. The van der Waals surface area contributed by atoms with Crippen molar-refractivity contribution in [2.24, 2.45) is 5.92 Å². The molecule has 2 saturated heterocycles. The second-order valence-electron chi connectivity index (χ2n) is 9.49. The topological polar surface area (TPSA) is 158 Å². The largest absolute Gasteiger partial charge is 0.493 e. The van der Waals surface area contributed by atoms with Crippen molar-refractivity contribution in [2.45, 2.75) is 87.2 Å². The molecule has 192 valence electrons. The second kappa shape index (κ2) is 11.6. The molecule has 0 unspecified atom stereocenters. The van der Waals surface area contributed by atoms with E-state index in [2.05, 4.69) is 0 Å². The van der Waals surface area contributed by atoms with Crippen molar-refractivity contribution in [2.75, 3.05) is 19.8 Å². The molecule has 34 heavy (non-hydrogen) atoms. The van der Waals surface area contributed by atoms with E-state index in [4.69, 9.17) is 18.9 Å². The van der Waals surface area contributed by atoms with Gasteiger partial charge in [0, 0.05) is 6.42 Å². The molecule has 9 atom stereocenters. The van der Waals surface area contributed by atoms with E-state index in [1.165, 1.54) is 25.7 Å². The molecule has 0 aromatic heterocycles. The smallest absolute Gasteiger partial charge is 0.187 e. The van der Waals surface area contributed by atoms with Gasteiger partial charge in [0.15, 0.2) is 6.29 Å². The minimum Gasteiger partial charge on any atom is -0.493 e. The van der Waals surface area contributed by atoms with Crippen LogP contribution in [0.1, 0.15) is 43.8 Å². The number of hydrogen-bond donors (Lipinski definition) is 6. The van der Waals surface area contributed by atoms with Crippen molar-refractivity contribution in [1.29, 1.82) is 0 Å². The summed E-state index contributed by atoms with van der Waals surface area (Å²) in [5, 5.41) is 60.6. The average molecular weight is 485 g/mol. The third-order valence-electron chi connectivity index (χ3n) is 7.03. The summed E-state index contributed by atoms with van der Waals surface area (Å²) in [7, 11) is 0. The molecule has 2 aliphatic heterocycles. The van der Waals surface area contributed by atoms with E-state index < -0.39 is 61.7 Å². The fourth-order valence-corrected chi connectivity index (χ4v) is 4.99. The van der Waals surface area contributed by atoms with Gasteiger partial charge in [-0.25, -0.2) is 0 Å². The van der Waals surface area contributed by atoms with Gasteiger partial charge >= 0.3 is 0 Å². The zero-order valence-electron chi connectivity index (χ0n) is 19.1. The normalized spacial score (nSPS) is 39.3. The van der Waals surface area contributed by atoms with Gasteiger partial charge in [0.1, 0.15) is 42.4 Å². The minimum atomic E-state index is -1.59. The highest BCUT2D eigenvalue weighted by Gasteiger charge is 2.47. The number of rotatable bonds is 8. The van der Waals surface area contributed by atoms with Gasteiger partial charge in [-0.1, -0.05) is 25.0 Å². The third-order valence-corrected chi connectivity index (χ3v) is 7.03. The first kappa shape index (κ1) is 25.7. The molecule has 0 bridgehead atoms. The quantitative estimate of drug-likeness (QED) is 0.287. The fourth-order valence-electron chi connectivity index (χ4n) is 4.99. The molecular formula is C24H36O10. The predicted octanol–water partition coefficient (Wildman–Crippen LogP) is -0.376. The Kier molecular flexibility index (Phi) is 8.78. The zero-order chi connectivity index (χ0) is 24.2. The fraction of sp³-hybridized carbons (Fsp3) is 0.750. The van der Waals surface area contributed by atoms with Crippen LogP contribution in [0.2, 0.25) is 0 Å². The summed E-state index contributed by atoms with van der Waals surface area (Å²) in [4.78, 5) is 0. The number of aliphatic hydroxyl groups is 6. The SMILES string of the molecule is OC[C@@H]1C[C@H](O[C@H]2O[C@H](CO)[C@@H](O)[C@H](O)[C@@H]2O)[C@H](O)[C@@H](c2cccc(OCC3CCCC3)c2)O1. The molecule has 10 heteroatoms. The van der Waals surface area contributed by atoms with Crippen molar-refractivity contribution in [3.05, 3.63) is 29.8 Å². The van der Waals surface area contributed by atoms with E-state index in [0.717, 1.165) is 0 Å². The molecule has 6 N–H and O–H groups in total. The highest BCUT2D eigenvalue weighted by molar-refractivity contribution is 5.31. The van der Waals surface area contributed by atoms with Crippen LogP contribution >= 0.6 is 0 Å². The van der Waals surface area contributed by atoms with Gasteiger partial charge in [0.05, 0.1) is 32.0 Å². The van der Waals surface area contributed by atoms with E-state index in [1.807, 2.05) is 12.1 Å². The van der Waals surface area contributed by atoms with Crippen LogP contribution in [0, 0.1) is 5.92 Å². The molecule has 1 saturated carbocycles. The molecule has 1 aromatic rings. The first-order valence-electron chi connectivity index (χ1n) is 12.0. The number of hydrogen-bond acceptors (Lipinski definition) is 10. The standard InChI is InChI=1S/C24H36O10/c25-10-16-9-17(33-24-22(30)21(29)19(27)18(11-26)34-24)20(28)23(32-16)14-6-3-7-15(8-14)31-12-13-4-1-2-5-13/h3,6-8,13,16-30H,1-2,4-5,9-12H2/t16-,17-,18+,19+,20-,21-,22-,23+,24-/m0/s1. The molecular weight excluding hydrogens is 448 g/mol. The Hall–Kier alpha value is -1.34. The lowest BCUT2D eigenvalue weighted by atomic mass is 9.92. The Balaban J connectivity index is 1.46. The van der Waals surface area contributed by atoms with Gasteiger partial charge in [-0.2, -0.15) is 0 Å². The summed E-state index contributed by atoms with van der Waals surface area (Å²) >= 11 is 0. The van der Waals surface area contributed by atoms with Gasteiger partial charge in [-0.05, 0) is 36.5 Å². The van der Waals surface area contributed by atoms with Crippen LogP contribution in [-0.2, 0) is 14.2 Å². The zero-order valence-corrected chi connectivity index (χ0v) is 19.1. The maximum atomic E-state index is 11.1. The van der Waals surface area contributed by atoms with Gasteiger partial charge in [0.25, 0.3) is 0 Å². The molecule has 3 fully saturated rings. The van der Waals surface area contributed by atoms with Crippen LogP contribution in [0.3, 0.4) is 0 Å². The highest BCUT2D eigenvalue weighted by Crippen LogP contribution is 2.36. The van der Waals surface area contributed by atoms with Crippen LogP contribution in [0.4, 0.5) is 0 Å². The first-order chi connectivity index (χ1) is 16.4. The summed E-state index contributed by atoms with van der Waals surface area (Å²) in [5.74, 6) is 1.22. The van der Waals surface area contributed by atoms with Crippen molar-refractivity contribution in [1.82, 2.24) is 0 Å². The van der Waals surface area contributed by atoms with Crippen molar-refractivity contribution >= 4 is 0 Å². The van der Waals surface area contributed by atoms with Crippen LogP contribution in [0.15, 0.2) is 24.3 Å². The van der Waals surface area contributed by atoms with E-state index in [1.54, 1.807) is 12.1 Å². The maximum Gasteiger partial charge on any atom is 0.187 e. The second-order valence-corrected chi connectivity index (χ2v) is 9.49. The lowest BCUT2D eigenvalue weighted by Crippen LogP contribution is -2.60. The summed E-state index contributed by atoms with van der Waals surface area (Å²) in [5.41, 5.74) is 0.650. The Morgan fingerprint density at radius 3 is 2.35 bits per heavy atom. The Labute approximate surface area is 198 Å². The van der Waals surface area contributed by atoms with E-state index in [9.17, 15) is 30.6 Å². The third kappa shape index (κ3) is 5.72. The van der Waals surface area contributed by atoms with Crippen molar-refractivity contribution in [3.8, 4) is 5.75 Å². The molecule has 1 aliphatic carbocycles. The number of ether oxygens (including phenoxy) is 4. The van der Waals surface area contributed by atoms with Crippen LogP contribution in [0.25, 0.3) is 0 Å². The Morgan fingerprint density at radius 2 is 1.65 bits per heavy atom. The van der Waals surface area contributed by atoms with Gasteiger partial charge in [-0.3, -0.25) is 0 Å². The first-order valence-corrected chi connectivity index (χ1v) is 12.0. The van der Waals surface area contributed by atoms with E-state index in [-0.39, 0.29) is 13.0 Å². The lowest BCUT2D eigenvalue weighted by Gasteiger charge is -2.44. The molecule has 10 nitrogen and oxygen atoms in total. The molecule has 0 spiro atoms. The molecule has 1 aromatic carbocycles. The highest BCUT2D eigenvalue weighted by atomic mass is 16.7. The van der Waals surface area contributed by atoms with Crippen LogP contribution in [0.5, 0.6) is 5.75 Å². The minimum absolute atomic E-state index is 0.112. The van der Waals surface area contributed by atoms with Gasteiger partial charge in [-0.15, -0.1) is 0 Å². The molecule has 4 rings (SSSR count). The van der Waals surface area contributed by atoms with Crippen LogP contribution in [-0.4, -0.2) is 99.5 Å². The number of benzene rings is 1. The lowest BCUT2D eigenvalue weighted by molar-refractivity contribution is -0.329. The summed E-state index contributed by atoms with van der Waals surface area (Å²) in [6, 6.07) is 7.25. The van der Waals surface area contributed by atoms with Crippen LogP contribution < -0.4 is 4.74 Å². The predicted molar refractivity (Wildman–Crippen MR) is 118 cm³/mol. The van der Waals surface area contributed by atoms with Crippen molar-refractivity contribution in [3.63, 3.8) is 0 Å². The van der Waals surface area contributed by atoms with Gasteiger partial charge in [0.2, 0.25) is 0 Å². The molecule has 3 aliphatic rings. The van der Waals surface area contributed by atoms with Crippen molar-refractivity contribution < 1.29 is 49.6 Å². The Morgan fingerprint density at radius 1 is 0.882 bits per heavy atom. The average Bonchev–Trinajstić information content (AvgIpc) is 3.38. The molecule has 0 amide bonds. The molecule has 2 heterocycles. The number of aliphatic hydroxyl groups excluding tert-OH is 6.